The van der Waals surface area contributed by atoms with Crippen LogP contribution >= 0.6 is 0 Å². The van der Waals surface area contributed by atoms with E-state index in [0.717, 1.165) is 32.1 Å². The number of nitrogens with zero attached hydrogens (tertiary/aromatic N) is 2. The van der Waals surface area contributed by atoms with Crippen molar-refractivity contribution in [3.63, 3.8) is 0 Å². The molecule has 1 saturated carbocycles. The van der Waals surface area contributed by atoms with Crippen LogP contribution in [-0.2, 0) is 31.3 Å². The molecule has 4 rings (SSSR count). The van der Waals surface area contributed by atoms with E-state index >= 15 is 0 Å². The predicted octanol–water partition coefficient (Wildman–Crippen LogP) is 3.37. The average molecular weight is 497 g/mol. The molecule has 0 unspecified atom stereocenters. The highest BCUT2D eigenvalue weighted by Gasteiger charge is 2.33. The summed E-state index contributed by atoms with van der Waals surface area (Å²) in [6, 6.07) is 11.1. The first kappa shape index (κ1) is 24.3. The quantitative estimate of drug-likeness (QED) is 0.587. The van der Waals surface area contributed by atoms with Crippen molar-refractivity contribution in [3.8, 4) is 0 Å². The zero-order valence-corrected chi connectivity index (χ0v) is 20.0. The molecule has 2 aromatic rings. The lowest BCUT2D eigenvalue weighted by Crippen LogP contribution is -2.41. The van der Waals surface area contributed by atoms with Crippen LogP contribution in [0.3, 0.4) is 0 Å². The van der Waals surface area contributed by atoms with E-state index in [2.05, 4.69) is 0 Å². The molecule has 1 aliphatic heterocycles. The average Bonchev–Trinajstić information content (AvgIpc) is 2.84. The van der Waals surface area contributed by atoms with Gasteiger partial charge in [-0.2, -0.15) is 8.61 Å². The van der Waals surface area contributed by atoms with Crippen molar-refractivity contribution in [3.05, 3.63) is 59.9 Å². The number of ether oxygens (including phenoxy) is 1. The minimum Gasteiger partial charge on any atom is -0.379 e. The van der Waals surface area contributed by atoms with Crippen molar-refractivity contribution in [2.75, 3.05) is 26.3 Å². The van der Waals surface area contributed by atoms with Crippen molar-refractivity contribution in [2.24, 2.45) is 0 Å². The highest BCUT2D eigenvalue weighted by molar-refractivity contribution is 7.89. The summed E-state index contributed by atoms with van der Waals surface area (Å²) in [6.07, 6.45) is 4.52. The Morgan fingerprint density at radius 3 is 2.03 bits per heavy atom. The van der Waals surface area contributed by atoms with Gasteiger partial charge in [-0.05, 0) is 54.8 Å². The second kappa shape index (κ2) is 10.2. The van der Waals surface area contributed by atoms with E-state index < -0.39 is 20.0 Å². The minimum absolute atomic E-state index is 0.0520. The summed E-state index contributed by atoms with van der Waals surface area (Å²) in [4.78, 5) is 0.113. The molecule has 7 nitrogen and oxygen atoms in total. The Morgan fingerprint density at radius 2 is 1.42 bits per heavy atom. The lowest BCUT2D eigenvalue weighted by atomic mass is 9.95. The lowest BCUT2D eigenvalue weighted by Gasteiger charge is -2.33. The summed E-state index contributed by atoms with van der Waals surface area (Å²) in [5.41, 5.74) is 0.706. The molecule has 2 aliphatic rings. The fourth-order valence-electron chi connectivity index (χ4n) is 4.40. The van der Waals surface area contributed by atoms with E-state index in [1.165, 1.54) is 45.0 Å². The molecule has 0 aromatic heterocycles. The Hall–Kier alpha value is -1.85. The van der Waals surface area contributed by atoms with E-state index in [0.29, 0.717) is 18.8 Å². The minimum atomic E-state index is -3.88. The van der Waals surface area contributed by atoms with E-state index in [1.807, 2.05) is 0 Å². The number of rotatable bonds is 7. The molecule has 0 amide bonds. The van der Waals surface area contributed by atoms with Crippen molar-refractivity contribution in [2.45, 2.75) is 54.5 Å². The molecule has 2 fully saturated rings. The standard InChI is InChI=1S/C23H29FN2O5S2/c24-20-8-6-19(7-9-20)18-26(21-4-2-1-3-5-21)33(29,30)23-12-10-22(11-13-23)32(27,28)25-14-16-31-17-15-25/h6-13,21H,1-5,14-18H2. The molecular formula is C23H29FN2O5S2. The van der Waals surface area contributed by atoms with Gasteiger partial charge < -0.3 is 4.74 Å². The second-order valence-corrected chi connectivity index (χ2v) is 12.3. The van der Waals surface area contributed by atoms with E-state index in [-0.39, 0.29) is 41.3 Å². The summed E-state index contributed by atoms with van der Waals surface area (Å²) in [5, 5.41) is 0. The van der Waals surface area contributed by atoms with Crippen LogP contribution in [0.15, 0.2) is 58.3 Å². The number of benzene rings is 2. The molecule has 0 radical (unpaired) electrons. The Kier molecular flexibility index (Phi) is 7.49. The maximum atomic E-state index is 13.6. The lowest BCUT2D eigenvalue weighted by molar-refractivity contribution is 0.0730. The van der Waals surface area contributed by atoms with Crippen LogP contribution < -0.4 is 0 Å². The van der Waals surface area contributed by atoms with Crippen molar-refractivity contribution in [1.82, 2.24) is 8.61 Å². The molecule has 0 spiro atoms. The monoisotopic (exact) mass is 496 g/mol. The normalized spacial score (nSPS) is 19.1. The Balaban J connectivity index is 1.61. The predicted molar refractivity (Wildman–Crippen MR) is 122 cm³/mol. The van der Waals surface area contributed by atoms with E-state index in [4.69, 9.17) is 4.74 Å². The maximum Gasteiger partial charge on any atom is 0.243 e. The third-order valence-electron chi connectivity index (χ3n) is 6.27. The number of morpholine rings is 1. The van der Waals surface area contributed by atoms with Gasteiger partial charge in [0.15, 0.2) is 0 Å². The largest absolute Gasteiger partial charge is 0.379 e. The first-order chi connectivity index (χ1) is 15.8. The Bertz CT molecular complexity index is 1140. The highest BCUT2D eigenvalue weighted by Crippen LogP contribution is 2.30. The maximum absolute atomic E-state index is 13.6. The van der Waals surface area contributed by atoms with Gasteiger partial charge in [0.25, 0.3) is 0 Å². The molecule has 10 heteroatoms. The summed E-state index contributed by atoms with van der Waals surface area (Å²) >= 11 is 0. The smallest absolute Gasteiger partial charge is 0.243 e. The van der Waals surface area contributed by atoms with Gasteiger partial charge in [0.2, 0.25) is 20.0 Å². The van der Waals surface area contributed by atoms with Crippen LogP contribution in [0.4, 0.5) is 4.39 Å². The topological polar surface area (TPSA) is 84.0 Å². The van der Waals surface area contributed by atoms with Crippen LogP contribution in [0, 0.1) is 5.82 Å². The van der Waals surface area contributed by atoms with Gasteiger partial charge in [-0.1, -0.05) is 31.4 Å². The van der Waals surface area contributed by atoms with Gasteiger partial charge in [-0.3, -0.25) is 0 Å². The van der Waals surface area contributed by atoms with Gasteiger partial charge in [0.05, 0.1) is 23.0 Å². The van der Waals surface area contributed by atoms with Crippen molar-refractivity contribution < 1.29 is 26.0 Å². The van der Waals surface area contributed by atoms with Crippen LogP contribution in [-0.4, -0.2) is 57.8 Å². The van der Waals surface area contributed by atoms with Gasteiger partial charge in [0.1, 0.15) is 5.82 Å². The third kappa shape index (κ3) is 5.46. The summed E-state index contributed by atoms with van der Waals surface area (Å²) in [5.74, 6) is -0.372. The first-order valence-electron chi connectivity index (χ1n) is 11.2. The zero-order valence-electron chi connectivity index (χ0n) is 18.4. The summed E-state index contributed by atoms with van der Waals surface area (Å²) in [6.45, 7) is 1.36. The van der Waals surface area contributed by atoms with Gasteiger partial charge in [-0.15, -0.1) is 0 Å². The van der Waals surface area contributed by atoms with Crippen LogP contribution in [0.2, 0.25) is 0 Å². The van der Waals surface area contributed by atoms with Crippen molar-refractivity contribution >= 4 is 20.0 Å². The molecule has 180 valence electrons. The van der Waals surface area contributed by atoms with Crippen LogP contribution in [0.5, 0.6) is 0 Å². The molecule has 0 bridgehead atoms. The second-order valence-electron chi connectivity index (χ2n) is 8.46. The molecule has 33 heavy (non-hydrogen) atoms. The summed E-state index contributed by atoms with van der Waals surface area (Å²) < 4.78 is 74.5. The fourth-order valence-corrected chi connectivity index (χ4v) is 7.49. The summed E-state index contributed by atoms with van der Waals surface area (Å²) in [7, 11) is -7.59. The van der Waals surface area contributed by atoms with Gasteiger partial charge >= 0.3 is 0 Å². The SMILES string of the molecule is O=S(=O)(c1ccc(S(=O)(=O)N(Cc2ccc(F)cc2)C2CCCCC2)cc1)N1CCOCC1. The zero-order chi connectivity index (χ0) is 23.5. The molecule has 2 aromatic carbocycles. The first-order valence-corrected chi connectivity index (χ1v) is 14.1. The Labute approximate surface area is 195 Å². The van der Waals surface area contributed by atoms with Gasteiger partial charge in [-0.25, -0.2) is 21.2 Å². The van der Waals surface area contributed by atoms with E-state index in [9.17, 15) is 21.2 Å². The van der Waals surface area contributed by atoms with Crippen LogP contribution in [0.1, 0.15) is 37.7 Å². The number of sulfonamides is 2. The molecule has 1 saturated heterocycles. The van der Waals surface area contributed by atoms with E-state index in [1.54, 1.807) is 12.1 Å². The van der Waals surface area contributed by atoms with Crippen molar-refractivity contribution in [1.29, 1.82) is 0 Å². The number of hydrogen-bond donors (Lipinski definition) is 0. The fraction of sp³-hybridized carbons (Fsp3) is 0.478. The van der Waals surface area contributed by atoms with Gasteiger partial charge in [0, 0.05) is 25.7 Å². The highest BCUT2D eigenvalue weighted by atomic mass is 32.2. The van der Waals surface area contributed by atoms with Crippen LogP contribution in [0.25, 0.3) is 0 Å². The number of hydrogen-bond acceptors (Lipinski definition) is 5. The molecular weight excluding hydrogens is 467 g/mol. The third-order valence-corrected chi connectivity index (χ3v) is 10.1. The molecule has 0 N–H and O–H groups in total. The number of halogens is 1. The Morgan fingerprint density at radius 1 is 0.848 bits per heavy atom. The molecule has 1 heterocycles. The molecule has 1 aliphatic carbocycles. The molecule has 0 atom stereocenters.